The summed E-state index contributed by atoms with van der Waals surface area (Å²) < 4.78 is 6.01. The Kier molecular flexibility index (Phi) is 5.16. The third-order valence-electron chi connectivity index (χ3n) is 6.07. The lowest BCUT2D eigenvalue weighted by molar-refractivity contribution is -0.361. The summed E-state index contributed by atoms with van der Waals surface area (Å²) >= 11 is 0. The number of fused-ring (bicyclic) bond motifs is 1. The molecular formula is C26H25N2O3+. The van der Waals surface area contributed by atoms with Crippen LogP contribution in [0.4, 0.5) is 5.82 Å². The molecule has 0 fully saturated rings. The molecule has 156 valence electrons. The van der Waals surface area contributed by atoms with Crippen LogP contribution in [0.5, 0.6) is 5.75 Å². The largest absolute Gasteiger partial charge is 0.493 e. The predicted octanol–water partition coefficient (Wildman–Crippen LogP) is 3.92. The van der Waals surface area contributed by atoms with Gasteiger partial charge in [-0.15, -0.1) is 0 Å². The summed E-state index contributed by atoms with van der Waals surface area (Å²) in [4.78, 5) is 15.0. The van der Waals surface area contributed by atoms with E-state index >= 15 is 0 Å². The van der Waals surface area contributed by atoms with Gasteiger partial charge in [-0.3, -0.25) is 5.32 Å². The van der Waals surface area contributed by atoms with Gasteiger partial charge in [0.25, 0.3) is 5.82 Å². The molecule has 31 heavy (non-hydrogen) atoms. The molecule has 3 N–H and O–H groups in total. The number of carboxylic acids is 1. The Labute approximate surface area is 181 Å². The minimum Gasteiger partial charge on any atom is -0.493 e. The maximum Gasteiger partial charge on any atom is 0.332 e. The molecule has 1 heterocycles. The van der Waals surface area contributed by atoms with Crippen LogP contribution in [0.25, 0.3) is 5.57 Å². The van der Waals surface area contributed by atoms with E-state index in [2.05, 4.69) is 34.6 Å². The molecule has 0 radical (unpaired) electrons. The lowest BCUT2D eigenvalue weighted by Crippen LogP contribution is -2.14. The quantitative estimate of drug-likeness (QED) is 0.576. The van der Waals surface area contributed by atoms with E-state index in [1.165, 1.54) is 16.7 Å². The minimum atomic E-state index is -0.803. The Morgan fingerprint density at radius 1 is 0.968 bits per heavy atom. The Balaban J connectivity index is 1.29. The first-order chi connectivity index (χ1) is 15.2. The zero-order valence-electron chi connectivity index (χ0n) is 17.3. The second-order valence-corrected chi connectivity index (χ2v) is 8.08. The number of H-pyrrole nitrogens is 1. The van der Waals surface area contributed by atoms with Gasteiger partial charge in [0.15, 0.2) is 0 Å². The fourth-order valence-electron chi connectivity index (χ4n) is 4.60. The number of nitrogens with one attached hydrogen (secondary N) is 2. The van der Waals surface area contributed by atoms with E-state index in [-0.39, 0.29) is 0 Å². The summed E-state index contributed by atoms with van der Waals surface area (Å²) in [5.74, 6) is 1.06. The first kappa shape index (κ1) is 19.4. The number of aromatic nitrogens is 1. The second kappa shape index (κ2) is 8.26. The lowest BCUT2D eigenvalue weighted by atomic mass is 9.97. The van der Waals surface area contributed by atoms with Crippen LogP contribution >= 0.6 is 0 Å². The van der Waals surface area contributed by atoms with Crippen molar-refractivity contribution >= 4 is 17.4 Å². The van der Waals surface area contributed by atoms with E-state index in [1.54, 1.807) is 0 Å². The van der Waals surface area contributed by atoms with Crippen molar-refractivity contribution in [3.63, 3.8) is 0 Å². The highest BCUT2D eigenvalue weighted by Crippen LogP contribution is 2.41. The van der Waals surface area contributed by atoms with Crippen LogP contribution < -0.4 is 15.0 Å². The van der Waals surface area contributed by atoms with Crippen molar-refractivity contribution in [2.24, 2.45) is 0 Å². The number of hydrogen-bond acceptors (Lipinski definition) is 3. The number of rotatable bonds is 7. The van der Waals surface area contributed by atoms with Gasteiger partial charge in [-0.25, -0.2) is 9.78 Å². The van der Waals surface area contributed by atoms with Gasteiger partial charge in [-0.05, 0) is 64.4 Å². The topological polar surface area (TPSA) is 72.7 Å². The van der Waals surface area contributed by atoms with Crippen LogP contribution in [0.3, 0.4) is 0 Å². The molecule has 2 aliphatic carbocycles. The van der Waals surface area contributed by atoms with Gasteiger partial charge < -0.3 is 9.84 Å². The summed E-state index contributed by atoms with van der Waals surface area (Å²) in [6.45, 7) is 1.46. The fraction of sp³-hybridized carbons (Fsp3) is 0.231. The van der Waals surface area contributed by atoms with Crippen molar-refractivity contribution in [2.45, 2.75) is 25.7 Å². The van der Waals surface area contributed by atoms with E-state index in [0.29, 0.717) is 25.0 Å². The van der Waals surface area contributed by atoms with Gasteiger partial charge in [0.05, 0.1) is 19.3 Å². The smallest absolute Gasteiger partial charge is 0.332 e. The first-order valence-electron chi connectivity index (χ1n) is 10.7. The molecule has 2 aromatic carbocycles. The Morgan fingerprint density at radius 3 is 2.65 bits per heavy atom. The van der Waals surface area contributed by atoms with Crippen LogP contribution in [0.1, 0.15) is 34.2 Å². The molecule has 0 saturated heterocycles. The number of pyridine rings is 1. The molecule has 5 rings (SSSR count). The van der Waals surface area contributed by atoms with Crippen LogP contribution in [0.2, 0.25) is 0 Å². The number of hydrogen-bond donors (Lipinski definition) is 2. The maximum atomic E-state index is 11.8. The molecule has 1 aromatic heterocycles. The standard InChI is InChI=1S/C26H24N2O3/c29-26(30)23-16-19-6-3-5-18-13-20-14-21(9-8-17(20)15-22(23)25(18)19)31-12-4-11-28-24-7-1-2-10-27-24/h1-3,5-10,14H,4,11-13,15-16H2,(H,27,28)(H,29,30)/p+1. The van der Waals surface area contributed by atoms with E-state index < -0.39 is 5.97 Å². The summed E-state index contributed by atoms with van der Waals surface area (Å²) in [5, 5.41) is 13.1. The van der Waals surface area contributed by atoms with Crippen molar-refractivity contribution in [3.05, 3.63) is 94.2 Å². The molecule has 0 spiro atoms. The van der Waals surface area contributed by atoms with E-state index in [1.807, 2.05) is 36.5 Å². The number of anilines is 1. The van der Waals surface area contributed by atoms with Gasteiger partial charge in [0.1, 0.15) is 5.75 Å². The Hall–Kier alpha value is -3.60. The van der Waals surface area contributed by atoms with Crippen LogP contribution in [-0.2, 0) is 24.1 Å². The van der Waals surface area contributed by atoms with E-state index in [0.717, 1.165) is 47.7 Å². The molecule has 0 bridgehead atoms. The average molecular weight is 413 g/mol. The van der Waals surface area contributed by atoms with Crippen molar-refractivity contribution in [3.8, 4) is 5.75 Å². The number of benzene rings is 2. The van der Waals surface area contributed by atoms with Gasteiger partial charge in [0.2, 0.25) is 0 Å². The van der Waals surface area contributed by atoms with Crippen molar-refractivity contribution in [1.29, 1.82) is 0 Å². The third kappa shape index (κ3) is 3.91. The normalized spacial score (nSPS) is 13.9. The van der Waals surface area contributed by atoms with Gasteiger partial charge >= 0.3 is 5.97 Å². The SMILES string of the molecule is O=C(O)C1=C2Cc3ccc(OCCCNc4cccc[nH+]4)cc3Cc3cccc(c32)C1. The Bertz CT molecular complexity index is 1170. The van der Waals surface area contributed by atoms with Crippen molar-refractivity contribution in [1.82, 2.24) is 0 Å². The molecule has 0 saturated carbocycles. The number of allylic oxidation sites excluding steroid dienone is 1. The Morgan fingerprint density at radius 2 is 1.84 bits per heavy atom. The molecule has 3 aromatic rings. The van der Waals surface area contributed by atoms with Crippen LogP contribution in [0, 0.1) is 0 Å². The van der Waals surface area contributed by atoms with Gasteiger partial charge in [-0.1, -0.05) is 30.3 Å². The number of carboxylic acid groups (broad SMARTS) is 1. The summed E-state index contributed by atoms with van der Waals surface area (Å²) in [7, 11) is 0. The monoisotopic (exact) mass is 413 g/mol. The highest BCUT2D eigenvalue weighted by atomic mass is 16.5. The summed E-state index contributed by atoms with van der Waals surface area (Å²) in [5.41, 5.74) is 7.43. The minimum absolute atomic E-state index is 0.527. The second-order valence-electron chi connectivity index (χ2n) is 8.08. The summed E-state index contributed by atoms with van der Waals surface area (Å²) in [6.07, 6.45) is 4.78. The molecule has 5 nitrogen and oxygen atoms in total. The van der Waals surface area contributed by atoms with Crippen LogP contribution in [0.15, 0.2) is 66.4 Å². The number of aliphatic carboxylic acids is 1. The highest BCUT2D eigenvalue weighted by molar-refractivity contribution is 6.01. The van der Waals surface area contributed by atoms with Gasteiger partial charge in [-0.2, -0.15) is 0 Å². The molecule has 2 aliphatic rings. The maximum absolute atomic E-state index is 11.8. The molecular weight excluding hydrogens is 388 g/mol. The summed E-state index contributed by atoms with van der Waals surface area (Å²) in [6, 6.07) is 18.4. The molecule has 0 aliphatic heterocycles. The molecule has 0 unspecified atom stereocenters. The first-order valence-corrected chi connectivity index (χ1v) is 10.7. The zero-order valence-corrected chi connectivity index (χ0v) is 17.3. The molecule has 5 heteroatoms. The number of ether oxygens (including phenoxy) is 1. The van der Waals surface area contributed by atoms with E-state index in [9.17, 15) is 9.90 Å². The number of aromatic amines is 1. The van der Waals surface area contributed by atoms with Crippen molar-refractivity contribution in [2.75, 3.05) is 18.5 Å². The molecule has 0 atom stereocenters. The molecule has 0 amide bonds. The van der Waals surface area contributed by atoms with Crippen LogP contribution in [-0.4, -0.2) is 24.2 Å². The van der Waals surface area contributed by atoms with Crippen molar-refractivity contribution < 1.29 is 19.6 Å². The predicted molar refractivity (Wildman–Crippen MR) is 119 cm³/mol. The highest BCUT2D eigenvalue weighted by Gasteiger charge is 2.30. The fourth-order valence-corrected chi connectivity index (χ4v) is 4.60. The average Bonchev–Trinajstić information content (AvgIpc) is 3.06. The number of carbonyl (C=O) groups is 1. The zero-order chi connectivity index (χ0) is 21.2. The third-order valence-corrected chi connectivity index (χ3v) is 6.07. The lowest BCUT2D eigenvalue weighted by Gasteiger charge is -2.11. The van der Waals surface area contributed by atoms with E-state index in [4.69, 9.17) is 4.74 Å². The van der Waals surface area contributed by atoms with Gasteiger partial charge in [0, 0.05) is 24.5 Å².